The molecular formula is C21H26N2O4. The van der Waals surface area contributed by atoms with Gasteiger partial charge in [-0.15, -0.1) is 0 Å². The van der Waals surface area contributed by atoms with Crippen molar-refractivity contribution < 1.29 is 19.4 Å². The van der Waals surface area contributed by atoms with Crippen LogP contribution in [0.15, 0.2) is 30.5 Å². The van der Waals surface area contributed by atoms with E-state index < -0.39 is 0 Å². The summed E-state index contributed by atoms with van der Waals surface area (Å²) in [6, 6.07) is 7.84. The van der Waals surface area contributed by atoms with Crippen LogP contribution in [0.25, 0.3) is 10.9 Å². The molecule has 3 aliphatic heterocycles. The van der Waals surface area contributed by atoms with Crippen LogP contribution in [0.1, 0.15) is 31.4 Å². The molecule has 1 aromatic carbocycles. The number of pyridine rings is 1. The van der Waals surface area contributed by atoms with Gasteiger partial charge in [0, 0.05) is 37.2 Å². The normalized spacial score (nSPS) is 28.1. The predicted molar refractivity (Wildman–Crippen MR) is 101 cm³/mol. The van der Waals surface area contributed by atoms with Crippen LogP contribution >= 0.6 is 0 Å². The first-order valence-corrected chi connectivity index (χ1v) is 9.55. The highest BCUT2D eigenvalue weighted by Gasteiger charge is 2.44. The minimum absolute atomic E-state index is 0.118. The maximum Gasteiger partial charge on any atom is 0.303 e. The van der Waals surface area contributed by atoms with E-state index >= 15 is 0 Å². The Morgan fingerprint density at radius 1 is 1.41 bits per heavy atom. The molecule has 3 fully saturated rings. The van der Waals surface area contributed by atoms with Crippen molar-refractivity contribution in [2.45, 2.75) is 31.9 Å². The van der Waals surface area contributed by atoms with E-state index in [1.807, 2.05) is 24.3 Å². The highest BCUT2D eigenvalue weighted by Crippen LogP contribution is 2.43. The molecule has 0 saturated carbocycles. The summed E-state index contributed by atoms with van der Waals surface area (Å²) in [7, 11) is 1.64. The third-order valence-electron chi connectivity index (χ3n) is 6.10. The average molecular weight is 370 g/mol. The molecule has 6 heteroatoms. The molecule has 144 valence electrons. The Kier molecular flexibility index (Phi) is 5.02. The van der Waals surface area contributed by atoms with Crippen LogP contribution in [-0.2, 0) is 9.53 Å². The van der Waals surface area contributed by atoms with Crippen LogP contribution in [-0.4, -0.2) is 53.8 Å². The topological polar surface area (TPSA) is 71.9 Å². The summed E-state index contributed by atoms with van der Waals surface area (Å²) in [4.78, 5) is 18.8. The van der Waals surface area contributed by atoms with Crippen molar-refractivity contribution in [2.75, 3.05) is 26.8 Å². The molecule has 0 amide bonds. The van der Waals surface area contributed by atoms with Gasteiger partial charge in [-0.05, 0) is 55.5 Å². The van der Waals surface area contributed by atoms with Gasteiger partial charge in [0.05, 0.1) is 18.7 Å². The molecule has 0 radical (unpaired) electrons. The number of hydrogen-bond donors (Lipinski definition) is 1. The van der Waals surface area contributed by atoms with Crippen molar-refractivity contribution in [1.82, 2.24) is 9.88 Å². The maximum absolute atomic E-state index is 11.9. The Balaban J connectivity index is 1.75. The van der Waals surface area contributed by atoms with Crippen LogP contribution in [0.2, 0.25) is 0 Å². The number of carbonyl (C=O) groups is 1. The first-order chi connectivity index (χ1) is 13.1. The third kappa shape index (κ3) is 3.39. The number of hydrogen-bond acceptors (Lipinski definition) is 6. The molecule has 5 atom stereocenters. The largest absolute Gasteiger partial charge is 0.497 e. The molecule has 1 aromatic heterocycles. The van der Waals surface area contributed by atoms with Crippen molar-refractivity contribution in [3.05, 3.63) is 36.0 Å². The first kappa shape index (κ1) is 18.2. The highest BCUT2D eigenvalue weighted by molar-refractivity contribution is 5.84. The number of aromatic nitrogens is 1. The number of nitrogens with zero attached hydrogens (tertiary/aromatic N) is 2. The van der Waals surface area contributed by atoms with Crippen molar-refractivity contribution >= 4 is 16.9 Å². The van der Waals surface area contributed by atoms with Crippen LogP contribution in [0.4, 0.5) is 0 Å². The lowest BCUT2D eigenvalue weighted by Gasteiger charge is -2.51. The van der Waals surface area contributed by atoms with Gasteiger partial charge in [-0.3, -0.25) is 14.7 Å². The minimum atomic E-state index is -0.359. The zero-order valence-electron chi connectivity index (χ0n) is 15.8. The van der Waals surface area contributed by atoms with Gasteiger partial charge in [-0.1, -0.05) is 0 Å². The van der Waals surface area contributed by atoms with Gasteiger partial charge in [0.2, 0.25) is 0 Å². The van der Waals surface area contributed by atoms with Gasteiger partial charge >= 0.3 is 5.97 Å². The van der Waals surface area contributed by atoms with Crippen molar-refractivity contribution in [3.63, 3.8) is 0 Å². The zero-order valence-corrected chi connectivity index (χ0v) is 15.8. The van der Waals surface area contributed by atoms with Gasteiger partial charge in [-0.25, -0.2) is 0 Å². The molecule has 0 aliphatic carbocycles. The fraction of sp³-hybridized carbons (Fsp3) is 0.524. The number of aliphatic hydroxyl groups excluding tert-OH is 1. The van der Waals surface area contributed by atoms with Crippen LogP contribution in [0.5, 0.6) is 5.75 Å². The summed E-state index contributed by atoms with van der Waals surface area (Å²) in [5.74, 6) is 1.27. The fourth-order valence-electron chi connectivity index (χ4n) is 4.75. The molecule has 2 bridgehead atoms. The van der Waals surface area contributed by atoms with Crippen LogP contribution < -0.4 is 4.74 Å². The molecule has 1 unspecified atom stereocenters. The molecule has 1 N–H and O–H groups in total. The number of fused-ring (bicyclic) bond motifs is 4. The Labute approximate surface area is 159 Å². The summed E-state index contributed by atoms with van der Waals surface area (Å²) >= 11 is 0. The monoisotopic (exact) mass is 370 g/mol. The number of piperidine rings is 3. The van der Waals surface area contributed by atoms with E-state index in [4.69, 9.17) is 9.47 Å². The lowest BCUT2D eigenvalue weighted by Crippen LogP contribution is -2.56. The fourth-order valence-corrected chi connectivity index (χ4v) is 4.75. The highest BCUT2D eigenvalue weighted by atomic mass is 16.5. The molecule has 27 heavy (non-hydrogen) atoms. The van der Waals surface area contributed by atoms with E-state index in [-0.39, 0.29) is 24.7 Å². The second-order valence-corrected chi connectivity index (χ2v) is 7.60. The lowest BCUT2D eigenvalue weighted by molar-refractivity contribution is -0.155. The minimum Gasteiger partial charge on any atom is -0.497 e. The Morgan fingerprint density at radius 2 is 2.26 bits per heavy atom. The predicted octanol–water partition coefficient (Wildman–Crippen LogP) is 2.55. The number of methoxy groups -OCH3 is 1. The Morgan fingerprint density at radius 3 is 2.93 bits per heavy atom. The van der Waals surface area contributed by atoms with E-state index in [0.29, 0.717) is 11.8 Å². The van der Waals surface area contributed by atoms with Crippen molar-refractivity contribution in [2.24, 2.45) is 11.8 Å². The smallest absolute Gasteiger partial charge is 0.303 e. The molecule has 2 aromatic rings. The number of benzene rings is 1. The van der Waals surface area contributed by atoms with Gasteiger partial charge in [0.25, 0.3) is 0 Å². The summed E-state index contributed by atoms with van der Waals surface area (Å²) < 4.78 is 11.3. The summed E-state index contributed by atoms with van der Waals surface area (Å²) in [5.41, 5.74) is 1.82. The number of ether oxygens (including phenoxy) is 2. The van der Waals surface area contributed by atoms with Crippen molar-refractivity contribution in [3.8, 4) is 5.75 Å². The summed E-state index contributed by atoms with van der Waals surface area (Å²) in [6.07, 6.45) is 3.44. The number of esters is 1. The van der Waals surface area contributed by atoms with E-state index in [1.54, 1.807) is 13.3 Å². The summed E-state index contributed by atoms with van der Waals surface area (Å²) in [5, 5.41) is 10.6. The van der Waals surface area contributed by atoms with E-state index in [9.17, 15) is 9.90 Å². The molecule has 3 aliphatic rings. The van der Waals surface area contributed by atoms with Crippen molar-refractivity contribution in [1.29, 1.82) is 0 Å². The van der Waals surface area contributed by atoms with Gasteiger partial charge in [-0.2, -0.15) is 0 Å². The Bertz CT molecular complexity index is 840. The van der Waals surface area contributed by atoms with Gasteiger partial charge in [0.15, 0.2) is 0 Å². The maximum atomic E-state index is 11.9. The molecule has 6 nitrogen and oxygen atoms in total. The van der Waals surface area contributed by atoms with E-state index in [0.717, 1.165) is 48.1 Å². The second-order valence-electron chi connectivity index (χ2n) is 7.60. The molecule has 0 spiro atoms. The Hall–Kier alpha value is -2.18. The average Bonchev–Trinajstić information content (AvgIpc) is 2.71. The molecule has 3 saturated heterocycles. The first-order valence-electron chi connectivity index (χ1n) is 9.55. The van der Waals surface area contributed by atoms with E-state index in [2.05, 4.69) is 9.88 Å². The number of carbonyl (C=O) groups excluding carboxylic acids is 1. The molecular weight excluding hydrogens is 344 g/mol. The van der Waals surface area contributed by atoms with Crippen LogP contribution in [0, 0.1) is 11.8 Å². The third-order valence-corrected chi connectivity index (χ3v) is 6.10. The number of aliphatic hydroxyl groups is 1. The van der Waals surface area contributed by atoms with Gasteiger partial charge < -0.3 is 14.6 Å². The lowest BCUT2D eigenvalue weighted by atomic mass is 9.73. The molecule has 5 rings (SSSR count). The van der Waals surface area contributed by atoms with E-state index in [1.165, 1.54) is 6.92 Å². The SMILES string of the molecule is COc1ccc2nccc([C@@H](OC(C)=O)[C@@H]3C[C@@H]4CCN3C[C@@H]4CO)c2c1. The zero-order chi connectivity index (χ0) is 19.0. The molecule has 4 heterocycles. The van der Waals surface area contributed by atoms with Gasteiger partial charge in [0.1, 0.15) is 11.9 Å². The van der Waals surface area contributed by atoms with Crippen LogP contribution in [0.3, 0.4) is 0 Å². The standard InChI is InChI=1S/C21H26N2O4/c1-13(25)27-21(20-9-14-6-8-23(20)11-15(14)12-24)17-5-7-22-19-4-3-16(26-2)10-18(17)19/h3-5,7,10,14-15,20-21,24H,6,8-9,11-12H2,1-2H3/t14-,15+,20-,21+/m0/s1. The summed E-state index contributed by atoms with van der Waals surface area (Å²) in [6.45, 7) is 3.53. The number of rotatable bonds is 5. The second kappa shape index (κ2) is 7.44. The quantitative estimate of drug-likeness (QED) is 0.816.